The number of nitrogens with zero attached hydrogens (tertiary/aromatic N) is 4. The lowest BCUT2D eigenvalue weighted by atomic mass is 9.98. The molecule has 2 heterocycles. The second kappa shape index (κ2) is 8.75. The zero-order valence-electron chi connectivity index (χ0n) is 17.0. The number of hydrogen-bond acceptors (Lipinski definition) is 4. The molecular weight excluding hydrogens is 383 g/mol. The molecule has 1 saturated heterocycles. The van der Waals surface area contributed by atoms with E-state index in [1.165, 1.54) is 12.1 Å². The van der Waals surface area contributed by atoms with E-state index in [0.717, 1.165) is 16.8 Å². The number of hydrazone groups is 1. The number of benzene rings is 2. The summed E-state index contributed by atoms with van der Waals surface area (Å²) in [5.41, 5.74) is 2.62. The first-order valence-electron chi connectivity index (χ1n) is 10.2. The summed E-state index contributed by atoms with van der Waals surface area (Å²) in [6, 6.07) is 15.9. The monoisotopic (exact) mass is 408 g/mol. The molecule has 156 valence electrons. The molecule has 6 nitrogen and oxygen atoms in total. The second-order valence-electron chi connectivity index (χ2n) is 7.70. The first-order valence-corrected chi connectivity index (χ1v) is 10.2. The second-order valence-corrected chi connectivity index (χ2v) is 7.70. The Balaban J connectivity index is 1.52. The highest BCUT2D eigenvalue weighted by atomic mass is 19.1. The fourth-order valence-electron chi connectivity index (χ4n) is 3.98. The molecule has 1 atom stereocenters. The van der Waals surface area contributed by atoms with Crippen LogP contribution in [0.1, 0.15) is 30.5 Å². The molecule has 7 heteroatoms. The van der Waals surface area contributed by atoms with Crippen LogP contribution in [0.25, 0.3) is 0 Å². The van der Waals surface area contributed by atoms with Gasteiger partial charge in [-0.25, -0.2) is 9.40 Å². The first-order chi connectivity index (χ1) is 14.5. The van der Waals surface area contributed by atoms with Crippen LogP contribution < -0.4 is 0 Å². The number of halogens is 1. The maximum absolute atomic E-state index is 13.3. The van der Waals surface area contributed by atoms with Gasteiger partial charge in [-0.05, 0) is 23.3 Å². The molecule has 2 amide bonds. The van der Waals surface area contributed by atoms with Crippen molar-refractivity contribution < 1.29 is 14.0 Å². The summed E-state index contributed by atoms with van der Waals surface area (Å²) in [5.74, 6) is -0.301. The van der Waals surface area contributed by atoms with E-state index < -0.39 is 0 Å². The van der Waals surface area contributed by atoms with Gasteiger partial charge in [0.05, 0.1) is 18.3 Å². The molecule has 0 radical (unpaired) electrons. The minimum absolute atomic E-state index is 0.0678. The molecule has 2 aromatic rings. The molecule has 2 aliphatic heterocycles. The van der Waals surface area contributed by atoms with Crippen molar-refractivity contribution in [1.82, 2.24) is 14.8 Å². The molecular formula is C23H25FN4O2. The highest BCUT2D eigenvalue weighted by Crippen LogP contribution is 2.32. The van der Waals surface area contributed by atoms with Crippen LogP contribution in [0.5, 0.6) is 0 Å². The summed E-state index contributed by atoms with van der Waals surface area (Å²) in [4.78, 5) is 28.6. The van der Waals surface area contributed by atoms with Gasteiger partial charge in [-0.15, -0.1) is 0 Å². The van der Waals surface area contributed by atoms with Crippen LogP contribution >= 0.6 is 0 Å². The van der Waals surface area contributed by atoms with E-state index in [1.807, 2.05) is 30.3 Å². The Morgan fingerprint density at radius 2 is 1.67 bits per heavy atom. The molecule has 30 heavy (non-hydrogen) atoms. The molecule has 0 bridgehead atoms. The molecule has 0 unspecified atom stereocenters. The third-order valence-electron chi connectivity index (χ3n) is 5.70. The summed E-state index contributed by atoms with van der Waals surface area (Å²) in [5, 5.41) is 6.22. The van der Waals surface area contributed by atoms with Crippen molar-refractivity contribution in [3.8, 4) is 0 Å². The average molecular weight is 408 g/mol. The first kappa shape index (κ1) is 20.2. The zero-order valence-corrected chi connectivity index (χ0v) is 17.0. The summed E-state index contributed by atoms with van der Waals surface area (Å²) in [6.07, 6.45) is 0.583. The Morgan fingerprint density at radius 1 is 1.00 bits per heavy atom. The highest BCUT2D eigenvalue weighted by molar-refractivity contribution is 6.03. The van der Waals surface area contributed by atoms with Gasteiger partial charge in [0, 0.05) is 39.5 Å². The number of amides is 2. The maximum Gasteiger partial charge on any atom is 0.257 e. The Bertz CT molecular complexity index is 937. The SMILES string of the molecule is CC(=O)N1CCN(CC(=O)N2N=C(c3ccc(F)cc3)C[C@@H]2c2ccccc2)CC1. The van der Waals surface area contributed by atoms with E-state index >= 15 is 0 Å². The van der Waals surface area contributed by atoms with E-state index in [-0.39, 0.29) is 30.2 Å². The zero-order chi connectivity index (χ0) is 21.1. The number of hydrogen-bond donors (Lipinski definition) is 0. The number of piperazine rings is 1. The molecule has 0 spiro atoms. The van der Waals surface area contributed by atoms with Crippen molar-refractivity contribution >= 4 is 17.5 Å². The van der Waals surface area contributed by atoms with Crippen molar-refractivity contribution in [2.75, 3.05) is 32.7 Å². The van der Waals surface area contributed by atoms with E-state index in [0.29, 0.717) is 32.6 Å². The largest absolute Gasteiger partial charge is 0.340 e. The van der Waals surface area contributed by atoms with Crippen molar-refractivity contribution in [1.29, 1.82) is 0 Å². The minimum atomic E-state index is -0.297. The smallest absolute Gasteiger partial charge is 0.257 e. The van der Waals surface area contributed by atoms with Crippen LogP contribution in [0.4, 0.5) is 4.39 Å². The minimum Gasteiger partial charge on any atom is -0.340 e. The number of carbonyl (C=O) groups is 2. The topological polar surface area (TPSA) is 56.2 Å². The molecule has 2 aromatic carbocycles. The predicted molar refractivity (Wildman–Crippen MR) is 112 cm³/mol. The third kappa shape index (κ3) is 4.41. The fraction of sp³-hybridized carbons (Fsp3) is 0.348. The standard InChI is InChI=1S/C23H25FN4O2/c1-17(29)27-13-11-26(12-14-27)16-23(30)28-22(19-5-3-2-4-6-19)15-21(25-28)18-7-9-20(24)10-8-18/h2-10,22H,11-16H2,1H3/t22-/m1/s1. The Kier molecular flexibility index (Phi) is 5.90. The lowest BCUT2D eigenvalue weighted by molar-refractivity contribution is -0.135. The van der Waals surface area contributed by atoms with Gasteiger partial charge in [-0.2, -0.15) is 5.10 Å². The lowest BCUT2D eigenvalue weighted by Gasteiger charge is -2.34. The van der Waals surface area contributed by atoms with Crippen LogP contribution in [-0.4, -0.2) is 65.1 Å². The molecule has 4 rings (SSSR count). The summed E-state index contributed by atoms with van der Waals surface area (Å²) >= 11 is 0. The number of carbonyl (C=O) groups excluding carboxylic acids is 2. The van der Waals surface area contributed by atoms with Gasteiger partial charge >= 0.3 is 0 Å². The van der Waals surface area contributed by atoms with Crippen molar-refractivity contribution in [3.63, 3.8) is 0 Å². The van der Waals surface area contributed by atoms with Gasteiger partial charge in [0.15, 0.2) is 0 Å². The number of rotatable bonds is 4. The van der Waals surface area contributed by atoms with Gasteiger partial charge in [-0.1, -0.05) is 42.5 Å². The van der Waals surface area contributed by atoms with Gasteiger partial charge in [0.1, 0.15) is 5.82 Å². The Labute approximate surface area is 175 Å². The molecule has 2 aliphatic rings. The quantitative estimate of drug-likeness (QED) is 0.782. The van der Waals surface area contributed by atoms with Crippen molar-refractivity contribution in [2.24, 2.45) is 5.10 Å². The van der Waals surface area contributed by atoms with E-state index in [4.69, 9.17) is 0 Å². The predicted octanol–water partition coefficient (Wildman–Crippen LogP) is 2.67. The average Bonchev–Trinajstić information content (AvgIpc) is 3.21. The fourth-order valence-corrected chi connectivity index (χ4v) is 3.98. The molecule has 0 aliphatic carbocycles. The van der Waals surface area contributed by atoms with Gasteiger partial charge < -0.3 is 4.90 Å². The van der Waals surface area contributed by atoms with Crippen LogP contribution in [-0.2, 0) is 9.59 Å². The normalized spacial score (nSPS) is 19.7. The maximum atomic E-state index is 13.3. The summed E-state index contributed by atoms with van der Waals surface area (Å²) < 4.78 is 13.3. The summed E-state index contributed by atoms with van der Waals surface area (Å²) in [6.45, 7) is 4.44. The van der Waals surface area contributed by atoms with Gasteiger partial charge in [-0.3, -0.25) is 14.5 Å². The molecule has 0 aromatic heterocycles. The third-order valence-corrected chi connectivity index (χ3v) is 5.70. The lowest BCUT2D eigenvalue weighted by Crippen LogP contribution is -2.50. The molecule has 1 fully saturated rings. The molecule has 0 saturated carbocycles. The van der Waals surface area contributed by atoms with Gasteiger partial charge in [0.2, 0.25) is 5.91 Å². The van der Waals surface area contributed by atoms with Crippen LogP contribution in [0.2, 0.25) is 0 Å². The highest BCUT2D eigenvalue weighted by Gasteiger charge is 2.34. The van der Waals surface area contributed by atoms with Crippen molar-refractivity contribution in [3.05, 3.63) is 71.5 Å². The van der Waals surface area contributed by atoms with E-state index in [9.17, 15) is 14.0 Å². The van der Waals surface area contributed by atoms with Gasteiger partial charge in [0.25, 0.3) is 5.91 Å². The van der Waals surface area contributed by atoms with Crippen LogP contribution in [0, 0.1) is 5.82 Å². The van der Waals surface area contributed by atoms with Crippen LogP contribution in [0.15, 0.2) is 59.7 Å². The Hall–Kier alpha value is -3.06. The van der Waals surface area contributed by atoms with E-state index in [1.54, 1.807) is 29.0 Å². The van der Waals surface area contributed by atoms with E-state index in [2.05, 4.69) is 10.0 Å². The summed E-state index contributed by atoms with van der Waals surface area (Å²) in [7, 11) is 0. The van der Waals surface area contributed by atoms with Crippen LogP contribution in [0.3, 0.4) is 0 Å². The Morgan fingerprint density at radius 3 is 2.30 bits per heavy atom. The molecule has 0 N–H and O–H groups in total. The van der Waals surface area contributed by atoms with Crippen molar-refractivity contribution in [2.45, 2.75) is 19.4 Å².